The monoisotopic (exact) mass is 253 g/mol. The summed E-state index contributed by atoms with van der Waals surface area (Å²) in [7, 11) is 0. The van der Waals surface area contributed by atoms with E-state index in [9.17, 15) is 9.59 Å². The van der Waals surface area contributed by atoms with Crippen LogP contribution in [-0.4, -0.2) is 35.8 Å². The van der Waals surface area contributed by atoms with Crippen LogP contribution in [0.25, 0.3) is 0 Å². The maximum absolute atomic E-state index is 11.4. The fourth-order valence-electron chi connectivity index (χ4n) is 1.16. The van der Waals surface area contributed by atoms with Crippen molar-refractivity contribution in [2.24, 2.45) is 5.16 Å². The molecule has 1 heterocycles. The number of carbonyl (C=O) groups is 2. The fraction of sp³-hybridized carbons (Fsp3) is 0.364. The first-order valence-corrected chi connectivity index (χ1v) is 5.43. The first-order chi connectivity index (χ1) is 8.65. The van der Waals surface area contributed by atoms with E-state index >= 15 is 0 Å². The standard InChI is InChI=1S/C11H15N3O4/c1-8(14-17)10(15)12-5-3-6-13-11(16)9-4-2-7-18-9/h2,4,7,17H,3,5-6H2,1H3,(H,12,15)(H,13,16)/b14-8-. The molecule has 0 aromatic carbocycles. The predicted octanol–water partition coefficient (Wildman–Crippen LogP) is 0.366. The summed E-state index contributed by atoms with van der Waals surface area (Å²) >= 11 is 0. The molecule has 1 aromatic heterocycles. The summed E-state index contributed by atoms with van der Waals surface area (Å²) in [5.74, 6) is -0.475. The average molecular weight is 253 g/mol. The van der Waals surface area contributed by atoms with Crippen LogP contribution in [0.3, 0.4) is 0 Å². The van der Waals surface area contributed by atoms with Crippen molar-refractivity contribution in [3.8, 4) is 0 Å². The molecule has 0 radical (unpaired) electrons. The Kier molecular flexibility index (Phi) is 5.43. The Hall–Kier alpha value is -2.31. The number of rotatable bonds is 6. The van der Waals surface area contributed by atoms with Crippen LogP contribution in [0, 0.1) is 0 Å². The first kappa shape index (κ1) is 13.8. The van der Waals surface area contributed by atoms with E-state index in [1.54, 1.807) is 12.1 Å². The van der Waals surface area contributed by atoms with Crippen LogP contribution in [-0.2, 0) is 4.79 Å². The lowest BCUT2D eigenvalue weighted by Crippen LogP contribution is -2.32. The Morgan fingerprint density at radius 3 is 2.72 bits per heavy atom. The molecular weight excluding hydrogens is 238 g/mol. The number of hydrogen-bond donors (Lipinski definition) is 3. The molecule has 7 heteroatoms. The molecule has 1 rings (SSSR count). The van der Waals surface area contributed by atoms with Gasteiger partial charge < -0.3 is 20.3 Å². The molecule has 2 amide bonds. The van der Waals surface area contributed by atoms with E-state index in [2.05, 4.69) is 15.8 Å². The predicted molar refractivity (Wildman–Crippen MR) is 63.6 cm³/mol. The lowest BCUT2D eigenvalue weighted by atomic mass is 10.3. The molecule has 0 atom stereocenters. The zero-order chi connectivity index (χ0) is 13.4. The maximum Gasteiger partial charge on any atom is 0.286 e. The Morgan fingerprint density at radius 1 is 1.39 bits per heavy atom. The van der Waals surface area contributed by atoms with Crippen LogP contribution in [0.2, 0.25) is 0 Å². The molecule has 98 valence electrons. The molecule has 0 aliphatic heterocycles. The molecule has 0 spiro atoms. The van der Waals surface area contributed by atoms with Crippen LogP contribution in [0.5, 0.6) is 0 Å². The van der Waals surface area contributed by atoms with Crippen LogP contribution in [0.1, 0.15) is 23.9 Å². The van der Waals surface area contributed by atoms with Crippen molar-refractivity contribution in [3.05, 3.63) is 24.2 Å². The minimum atomic E-state index is -0.435. The fourth-order valence-corrected chi connectivity index (χ4v) is 1.16. The molecule has 0 bridgehead atoms. The molecule has 0 saturated heterocycles. The molecule has 1 aromatic rings. The third kappa shape index (κ3) is 4.28. The second-order valence-electron chi connectivity index (χ2n) is 3.53. The Labute approximate surface area is 104 Å². The topological polar surface area (TPSA) is 104 Å². The van der Waals surface area contributed by atoms with Crippen LogP contribution in [0.4, 0.5) is 0 Å². The van der Waals surface area contributed by atoms with Gasteiger partial charge in [0.2, 0.25) is 0 Å². The molecule has 0 fully saturated rings. The van der Waals surface area contributed by atoms with Gasteiger partial charge in [0, 0.05) is 13.1 Å². The van der Waals surface area contributed by atoms with Crippen molar-refractivity contribution < 1.29 is 19.2 Å². The number of oxime groups is 1. The van der Waals surface area contributed by atoms with Gasteiger partial charge in [0.1, 0.15) is 5.71 Å². The summed E-state index contributed by atoms with van der Waals surface area (Å²) in [6.45, 7) is 2.19. The second kappa shape index (κ2) is 7.10. The summed E-state index contributed by atoms with van der Waals surface area (Å²) < 4.78 is 4.91. The van der Waals surface area contributed by atoms with Gasteiger partial charge in [-0.3, -0.25) is 9.59 Å². The van der Waals surface area contributed by atoms with Gasteiger partial charge in [-0.15, -0.1) is 0 Å². The van der Waals surface area contributed by atoms with Gasteiger partial charge in [-0.2, -0.15) is 0 Å². The third-order valence-electron chi connectivity index (χ3n) is 2.15. The lowest BCUT2D eigenvalue weighted by molar-refractivity contribution is -0.114. The minimum absolute atomic E-state index is 0.00498. The van der Waals surface area contributed by atoms with Crippen LogP contribution in [0.15, 0.2) is 28.0 Å². The molecule has 7 nitrogen and oxygen atoms in total. The number of furan rings is 1. The molecule has 0 aliphatic rings. The molecule has 0 aliphatic carbocycles. The largest absolute Gasteiger partial charge is 0.459 e. The smallest absolute Gasteiger partial charge is 0.286 e. The van der Waals surface area contributed by atoms with E-state index in [0.29, 0.717) is 19.5 Å². The average Bonchev–Trinajstić information content (AvgIpc) is 2.90. The SMILES string of the molecule is C/C(=N/O)C(=O)NCCCNC(=O)c1ccco1. The molecule has 0 saturated carbocycles. The Morgan fingerprint density at radius 2 is 2.11 bits per heavy atom. The number of nitrogens with zero attached hydrogens (tertiary/aromatic N) is 1. The van der Waals surface area contributed by atoms with Crippen molar-refractivity contribution in [2.45, 2.75) is 13.3 Å². The Bertz CT molecular complexity index is 426. The van der Waals surface area contributed by atoms with Gasteiger partial charge in [-0.05, 0) is 25.5 Å². The highest BCUT2D eigenvalue weighted by atomic mass is 16.4. The van der Waals surface area contributed by atoms with Crippen molar-refractivity contribution in [1.29, 1.82) is 0 Å². The van der Waals surface area contributed by atoms with Crippen molar-refractivity contribution in [2.75, 3.05) is 13.1 Å². The highest BCUT2D eigenvalue weighted by Crippen LogP contribution is 1.98. The van der Waals surface area contributed by atoms with Gasteiger partial charge in [0.15, 0.2) is 5.76 Å². The van der Waals surface area contributed by atoms with E-state index < -0.39 is 5.91 Å². The van der Waals surface area contributed by atoms with Crippen molar-refractivity contribution >= 4 is 17.5 Å². The van der Waals surface area contributed by atoms with E-state index in [1.165, 1.54) is 13.2 Å². The summed E-state index contributed by atoms with van der Waals surface area (Å²) in [5.41, 5.74) is -0.00498. The third-order valence-corrected chi connectivity index (χ3v) is 2.15. The zero-order valence-electron chi connectivity index (χ0n) is 9.97. The normalized spacial score (nSPS) is 11.1. The number of nitrogens with one attached hydrogen (secondary N) is 2. The van der Waals surface area contributed by atoms with Crippen LogP contribution >= 0.6 is 0 Å². The van der Waals surface area contributed by atoms with Gasteiger partial charge in [-0.25, -0.2) is 0 Å². The van der Waals surface area contributed by atoms with Gasteiger partial charge in [-0.1, -0.05) is 5.16 Å². The molecule has 18 heavy (non-hydrogen) atoms. The summed E-state index contributed by atoms with van der Waals surface area (Å²) in [6, 6.07) is 3.20. The summed E-state index contributed by atoms with van der Waals surface area (Å²) in [5, 5.41) is 16.3. The first-order valence-electron chi connectivity index (χ1n) is 5.43. The number of carbonyl (C=O) groups excluding carboxylic acids is 2. The highest BCUT2D eigenvalue weighted by Gasteiger charge is 2.07. The van der Waals surface area contributed by atoms with Gasteiger partial charge >= 0.3 is 0 Å². The van der Waals surface area contributed by atoms with E-state index in [0.717, 1.165) is 0 Å². The van der Waals surface area contributed by atoms with Crippen molar-refractivity contribution in [1.82, 2.24) is 10.6 Å². The Balaban J connectivity index is 2.13. The second-order valence-corrected chi connectivity index (χ2v) is 3.53. The molecule has 3 N–H and O–H groups in total. The highest BCUT2D eigenvalue weighted by molar-refractivity contribution is 6.37. The number of amides is 2. The maximum atomic E-state index is 11.4. The van der Waals surface area contributed by atoms with Gasteiger partial charge in [0.05, 0.1) is 6.26 Å². The zero-order valence-corrected chi connectivity index (χ0v) is 9.97. The summed E-state index contributed by atoms with van der Waals surface area (Å²) in [4.78, 5) is 22.6. The van der Waals surface area contributed by atoms with Gasteiger partial charge in [0.25, 0.3) is 11.8 Å². The van der Waals surface area contributed by atoms with Crippen LogP contribution < -0.4 is 10.6 Å². The summed E-state index contributed by atoms with van der Waals surface area (Å²) in [6.07, 6.45) is 1.99. The quantitative estimate of drug-likeness (QED) is 0.295. The molecular formula is C11H15N3O4. The number of hydrogen-bond acceptors (Lipinski definition) is 5. The van der Waals surface area contributed by atoms with E-state index in [1.807, 2.05) is 0 Å². The van der Waals surface area contributed by atoms with E-state index in [4.69, 9.17) is 9.62 Å². The lowest BCUT2D eigenvalue weighted by Gasteiger charge is -2.04. The minimum Gasteiger partial charge on any atom is -0.459 e. The molecule has 0 unspecified atom stereocenters. The van der Waals surface area contributed by atoms with E-state index in [-0.39, 0.29) is 17.4 Å². The van der Waals surface area contributed by atoms with Crippen molar-refractivity contribution in [3.63, 3.8) is 0 Å².